The van der Waals surface area contributed by atoms with Gasteiger partial charge in [0.25, 0.3) is 0 Å². The van der Waals surface area contributed by atoms with E-state index in [0.717, 1.165) is 20.4 Å². The van der Waals surface area contributed by atoms with Gasteiger partial charge in [-0.15, -0.1) is 11.3 Å². The van der Waals surface area contributed by atoms with Crippen molar-refractivity contribution in [2.75, 3.05) is 0 Å². The second-order valence-electron chi connectivity index (χ2n) is 4.11. The molecule has 1 unspecified atom stereocenters. The van der Waals surface area contributed by atoms with Crippen molar-refractivity contribution >= 4 is 66.4 Å². The predicted octanol–water partition coefficient (Wildman–Crippen LogP) is 6.43. The minimum Gasteiger partial charge on any atom is -0.305 e. The van der Waals surface area contributed by atoms with Crippen molar-refractivity contribution in [3.8, 4) is 0 Å². The molecular weight excluding hydrogens is 433 g/mol. The summed E-state index contributed by atoms with van der Waals surface area (Å²) in [7, 11) is 0. The second kappa shape index (κ2) is 6.92. The Labute approximate surface area is 143 Å². The first-order valence-electron chi connectivity index (χ1n) is 5.59. The van der Waals surface area contributed by atoms with E-state index in [9.17, 15) is 0 Å². The smallest absolute Gasteiger partial charge is 0.0843 e. The Morgan fingerprint density at radius 2 is 1.95 bits per heavy atom. The SMILES string of the molecule is CC(NCc1cc(Br)c(Br)s1)c1ccc(Cl)c(Cl)c1. The topological polar surface area (TPSA) is 12.0 Å². The fourth-order valence-corrected chi connectivity index (χ4v) is 4.07. The van der Waals surface area contributed by atoms with E-state index in [1.807, 2.05) is 18.2 Å². The highest BCUT2D eigenvalue weighted by molar-refractivity contribution is 9.13. The summed E-state index contributed by atoms with van der Waals surface area (Å²) in [6, 6.07) is 8.06. The minimum atomic E-state index is 0.217. The van der Waals surface area contributed by atoms with Crippen LogP contribution < -0.4 is 5.32 Å². The Morgan fingerprint density at radius 3 is 2.53 bits per heavy atom. The van der Waals surface area contributed by atoms with Crippen LogP contribution in [-0.4, -0.2) is 0 Å². The first-order valence-corrected chi connectivity index (χ1v) is 8.75. The molecular formula is C13H11Br2Cl2NS. The monoisotopic (exact) mass is 441 g/mol. The number of hydrogen-bond acceptors (Lipinski definition) is 2. The zero-order valence-electron chi connectivity index (χ0n) is 10.0. The molecule has 1 N–H and O–H groups in total. The van der Waals surface area contributed by atoms with E-state index in [1.54, 1.807) is 11.3 Å². The molecule has 1 nitrogen and oxygen atoms in total. The first-order chi connectivity index (χ1) is 8.97. The van der Waals surface area contributed by atoms with Crippen LogP contribution >= 0.6 is 66.4 Å². The number of rotatable bonds is 4. The summed E-state index contributed by atoms with van der Waals surface area (Å²) in [4.78, 5) is 1.27. The number of thiophene rings is 1. The zero-order chi connectivity index (χ0) is 14.0. The van der Waals surface area contributed by atoms with Gasteiger partial charge in [0.2, 0.25) is 0 Å². The molecule has 0 amide bonds. The summed E-state index contributed by atoms with van der Waals surface area (Å²) in [6.07, 6.45) is 0. The molecule has 102 valence electrons. The van der Waals surface area contributed by atoms with Gasteiger partial charge in [0.1, 0.15) is 0 Å². The average Bonchev–Trinajstić information content (AvgIpc) is 2.69. The van der Waals surface area contributed by atoms with Crippen LogP contribution in [0, 0.1) is 0 Å². The number of nitrogens with one attached hydrogen (secondary N) is 1. The molecule has 0 aliphatic rings. The Bertz CT molecular complexity index is 567. The van der Waals surface area contributed by atoms with Gasteiger partial charge in [-0.2, -0.15) is 0 Å². The van der Waals surface area contributed by atoms with Gasteiger partial charge in [-0.3, -0.25) is 0 Å². The first kappa shape index (κ1) is 15.8. The van der Waals surface area contributed by atoms with E-state index < -0.39 is 0 Å². The highest BCUT2D eigenvalue weighted by Gasteiger charge is 2.09. The predicted molar refractivity (Wildman–Crippen MR) is 91.4 cm³/mol. The molecule has 1 atom stereocenters. The molecule has 0 spiro atoms. The second-order valence-corrected chi connectivity index (χ2v) is 8.23. The van der Waals surface area contributed by atoms with Gasteiger partial charge >= 0.3 is 0 Å². The van der Waals surface area contributed by atoms with Gasteiger partial charge in [-0.25, -0.2) is 0 Å². The van der Waals surface area contributed by atoms with Crippen LogP contribution in [0.1, 0.15) is 23.4 Å². The fourth-order valence-electron chi connectivity index (χ4n) is 1.63. The highest BCUT2D eigenvalue weighted by atomic mass is 79.9. The van der Waals surface area contributed by atoms with Crippen molar-refractivity contribution in [1.29, 1.82) is 0 Å². The molecule has 1 aromatic carbocycles. The lowest BCUT2D eigenvalue weighted by atomic mass is 10.1. The molecule has 0 aliphatic heterocycles. The third kappa shape index (κ3) is 4.19. The lowest BCUT2D eigenvalue weighted by Crippen LogP contribution is -2.17. The third-order valence-corrected chi connectivity index (χ3v) is 6.72. The number of hydrogen-bond donors (Lipinski definition) is 1. The Hall–Kier alpha value is 0.420. The lowest BCUT2D eigenvalue weighted by Gasteiger charge is -2.14. The van der Waals surface area contributed by atoms with Gasteiger partial charge in [0.05, 0.1) is 13.8 Å². The third-order valence-electron chi connectivity index (χ3n) is 2.72. The van der Waals surface area contributed by atoms with Gasteiger partial charge in [0.15, 0.2) is 0 Å². The molecule has 2 aromatic rings. The Morgan fingerprint density at radius 1 is 1.21 bits per heavy atom. The van der Waals surface area contributed by atoms with Gasteiger partial charge in [-0.1, -0.05) is 29.3 Å². The van der Waals surface area contributed by atoms with Crippen molar-refractivity contribution in [1.82, 2.24) is 5.32 Å². The maximum absolute atomic E-state index is 6.03. The van der Waals surface area contributed by atoms with E-state index in [1.165, 1.54) is 4.88 Å². The summed E-state index contributed by atoms with van der Waals surface area (Å²) in [5, 5.41) is 4.65. The van der Waals surface area contributed by atoms with Crippen LogP contribution in [0.2, 0.25) is 10.0 Å². The average molecular weight is 444 g/mol. The summed E-state index contributed by atoms with van der Waals surface area (Å²) in [6.45, 7) is 2.92. The van der Waals surface area contributed by atoms with Gasteiger partial charge in [-0.05, 0) is 62.5 Å². The molecule has 19 heavy (non-hydrogen) atoms. The van der Waals surface area contributed by atoms with Crippen molar-refractivity contribution in [3.63, 3.8) is 0 Å². The quantitative estimate of drug-likeness (QED) is 0.574. The van der Waals surface area contributed by atoms with Crippen LogP contribution in [0.4, 0.5) is 0 Å². The summed E-state index contributed by atoms with van der Waals surface area (Å²) >= 11 is 20.7. The van der Waals surface area contributed by atoms with E-state index in [-0.39, 0.29) is 6.04 Å². The van der Waals surface area contributed by atoms with Crippen LogP contribution in [-0.2, 0) is 6.54 Å². The van der Waals surface area contributed by atoms with Crippen molar-refractivity contribution in [3.05, 3.63) is 53.0 Å². The van der Waals surface area contributed by atoms with Crippen LogP contribution in [0.3, 0.4) is 0 Å². The number of benzene rings is 1. The zero-order valence-corrected chi connectivity index (χ0v) is 15.5. The van der Waals surface area contributed by atoms with Crippen molar-refractivity contribution in [2.24, 2.45) is 0 Å². The van der Waals surface area contributed by atoms with Crippen LogP contribution in [0.15, 0.2) is 32.5 Å². The minimum absolute atomic E-state index is 0.217. The molecule has 6 heteroatoms. The van der Waals surface area contributed by atoms with Crippen molar-refractivity contribution in [2.45, 2.75) is 19.5 Å². The fraction of sp³-hybridized carbons (Fsp3) is 0.231. The highest BCUT2D eigenvalue weighted by Crippen LogP contribution is 2.32. The lowest BCUT2D eigenvalue weighted by molar-refractivity contribution is 0.579. The maximum Gasteiger partial charge on any atom is 0.0843 e. The molecule has 1 heterocycles. The molecule has 1 aromatic heterocycles. The molecule has 0 bridgehead atoms. The summed E-state index contributed by atoms with van der Waals surface area (Å²) < 4.78 is 2.21. The molecule has 0 saturated carbocycles. The van der Waals surface area contributed by atoms with E-state index >= 15 is 0 Å². The molecule has 0 saturated heterocycles. The normalized spacial score (nSPS) is 12.7. The maximum atomic E-state index is 6.03. The van der Waals surface area contributed by atoms with Crippen LogP contribution in [0.5, 0.6) is 0 Å². The summed E-state index contributed by atoms with van der Waals surface area (Å²) in [5.41, 5.74) is 1.13. The van der Waals surface area contributed by atoms with E-state index in [4.69, 9.17) is 23.2 Å². The molecule has 2 rings (SSSR count). The largest absolute Gasteiger partial charge is 0.305 e. The molecule has 0 radical (unpaired) electrons. The van der Waals surface area contributed by atoms with Gasteiger partial charge in [0, 0.05) is 21.9 Å². The van der Waals surface area contributed by atoms with E-state index in [2.05, 4.69) is 50.2 Å². The Balaban J connectivity index is 2.00. The Kier molecular flexibility index (Phi) is 5.76. The molecule has 0 aliphatic carbocycles. The summed E-state index contributed by atoms with van der Waals surface area (Å²) in [5.74, 6) is 0. The van der Waals surface area contributed by atoms with Gasteiger partial charge < -0.3 is 5.32 Å². The standard InChI is InChI=1S/C13H11Br2Cl2NS/c1-7(8-2-3-11(16)12(17)4-8)18-6-9-5-10(14)13(15)19-9/h2-5,7,18H,6H2,1H3. The van der Waals surface area contributed by atoms with Crippen molar-refractivity contribution < 1.29 is 0 Å². The molecule has 0 fully saturated rings. The van der Waals surface area contributed by atoms with Crippen LogP contribution in [0.25, 0.3) is 0 Å². The number of halogens is 4. The van der Waals surface area contributed by atoms with E-state index in [0.29, 0.717) is 10.0 Å².